The molecular weight excluding hydrogens is 396 g/mol. The molecule has 1 saturated heterocycles. The van der Waals surface area contributed by atoms with Crippen molar-refractivity contribution >= 4 is 23.1 Å². The van der Waals surface area contributed by atoms with E-state index in [1.54, 1.807) is 17.1 Å². The Hall–Kier alpha value is -3.27. The maximum atomic E-state index is 13.0. The molecule has 10 nitrogen and oxygen atoms in total. The average molecular weight is 422 g/mol. The molecule has 162 valence electrons. The van der Waals surface area contributed by atoms with Crippen molar-refractivity contribution in [1.29, 1.82) is 0 Å². The van der Waals surface area contributed by atoms with Crippen molar-refractivity contribution in [2.45, 2.75) is 31.8 Å². The second-order valence-electron chi connectivity index (χ2n) is 8.12. The molecule has 10 heteroatoms. The fourth-order valence-corrected chi connectivity index (χ4v) is 3.96. The molecular formula is C21H26N8O2. The molecule has 5 rings (SSSR count). The van der Waals surface area contributed by atoms with Crippen LogP contribution in [0.3, 0.4) is 0 Å². The number of carbonyl (C=O) groups is 1. The molecule has 1 amide bonds. The van der Waals surface area contributed by atoms with Crippen molar-refractivity contribution in [3.05, 3.63) is 42.5 Å². The minimum Gasteiger partial charge on any atom is -0.376 e. The number of allylic oxidation sites excluding steroid dienone is 1. The second-order valence-corrected chi connectivity index (χ2v) is 8.12. The van der Waals surface area contributed by atoms with Gasteiger partial charge in [-0.05, 0) is 25.7 Å². The normalized spacial score (nSPS) is 20.9. The number of hydrogen-bond acceptors (Lipinski definition) is 8. The molecule has 1 aliphatic carbocycles. The van der Waals surface area contributed by atoms with E-state index in [1.165, 1.54) is 6.33 Å². The maximum Gasteiger partial charge on any atom is 0.274 e. The second kappa shape index (κ2) is 8.46. The third kappa shape index (κ3) is 4.43. The molecule has 1 unspecified atom stereocenters. The van der Waals surface area contributed by atoms with Crippen molar-refractivity contribution in [1.82, 2.24) is 25.1 Å². The third-order valence-corrected chi connectivity index (χ3v) is 5.65. The zero-order valence-corrected chi connectivity index (χ0v) is 17.5. The lowest BCUT2D eigenvalue weighted by atomic mass is 10.2. The topological polar surface area (TPSA) is 110 Å². The number of carbonyl (C=O) groups excluding carboxylic acids is 1. The summed E-state index contributed by atoms with van der Waals surface area (Å²) < 4.78 is 7.31. The van der Waals surface area contributed by atoms with Crippen molar-refractivity contribution in [3.8, 4) is 0 Å². The number of hydrogen-bond donors (Lipinski definition) is 2. The summed E-state index contributed by atoms with van der Waals surface area (Å²) in [4.78, 5) is 27.8. The van der Waals surface area contributed by atoms with E-state index in [2.05, 4.69) is 35.6 Å². The summed E-state index contributed by atoms with van der Waals surface area (Å²) >= 11 is 0. The number of amides is 1. The lowest BCUT2D eigenvalue weighted by Gasteiger charge is -2.30. The quantitative estimate of drug-likeness (QED) is 0.729. The fourth-order valence-electron chi connectivity index (χ4n) is 3.96. The lowest BCUT2D eigenvalue weighted by molar-refractivity contribution is 0.0853. The van der Waals surface area contributed by atoms with Gasteiger partial charge in [0.15, 0.2) is 5.69 Å². The van der Waals surface area contributed by atoms with Crippen LogP contribution in [0.5, 0.6) is 0 Å². The lowest BCUT2D eigenvalue weighted by Crippen LogP contribution is -2.38. The van der Waals surface area contributed by atoms with Crippen molar-refractivity contribution in [2.24, 2.45) is 18.0 Å². The first-order chi connectivity index (χ1) is 15.2. The Morgan fingerprint density at radius 1 is 1.26 bits per heavy atom. The van der Waals surface area contributed by atoms with Gasteiger partial charge in [-0.15, -0.1) is 0 Å². The van der Waals surface area contributed by atoms with Crippen molar-refractivity contribution in [2.75, 3.05) is 29.9 Å². The number of amidine groups is 1. The maximum absolute atomic E-state index is 13.0. The Kier molecular flexibility index (Phi) is 5.37. The predicted molar refractivity (Wildman–Crippen MR) is 116 cm³/mol. The molecule has 1 atom stereocenters. The summed E-state index contributed by atoms with van der Waals surface area (Å²) in [7, 11) is 1.83. The Bertz CT molecular complexity index is 1010. The van der Waals surface area contributed by atoms with Gasteiger partial charge in [0, 0.05) is 44.2 Å². The van der Waals surface area contributed by atoms with Crippen LogP contribution in [0.1, 0.15) is 36.2 Å². The first-order valence-corrected chi connectivity index (χ1v) is 10.7. The number of aromatic nitrogens is 4. The van der Waals surface area contributed by atoms with Crippen LogP contribution in [0.15, 0.2) is 41.8 Å². The Labute approximate surface area is 180 Å². The van der Waals surface area contributed by atoms with Gasteiger partial charge in [0.05, 0.1) is 36.4 Å². The Balaban J connectivity index is 1.37. The molecule has 2 aromatic rings. The highest BCUT2D eigenvalue weighted by Gasteiger charge is 2.35. The van der Waals surface area contributed by atoms with E-state index in [-0.39, 0.29) is 12.0 Å². The van der Waals surface area contributed by atoms with Crippen LogP contribution in [0.25, 0.3) is 0 Å². The van der Waals surface area contributed by atoms with Gasteiger partial charge in [-0.2, -0.15) is 5.10 Å². The molecule has 0 aromatic carbocycles. The number of aryl methyl sites for hydroxylation is 1. The fraction of sp³-hybridized carbons (Fsp3) is 0.476. The van der Waals surface area contributed by atoms with E-state index >= 15 is 0 Å². The van der Waals surface area contributed by atoms with E-state index < -0.39 is 0 Å². The molecule has 4 heterocycles. The zero-order chi connectivity index (χ0) is 21.2. The minimum atomic E-state index is -0.185. The van der Waals surface area contributed by atoms with Crippen LogP contribution in [-0.2, 0) is 11.8 Å². The molecule has 0 radical (unpaired) electrons. The van der Waals surface area contributed by atoms with Gasteiger partial charge < -0.3 is 20.3 Å². The van der Waals surface area contributed by atoms with Gasteiger partial charge in [-0.3, -0.25) is 9.48 Å². The number of aliphatic imine (C=N–C) groups is 1. The molecule has 3 aliphatic rings. The number of rotatable bonds is 6. The highest BCUT2D eigenvalue weighted by molar-refractivity contribution is 6.03. The van der Waals surface area contributed by atoms with Gasteiger partial charge in [0.25, 0.3) is 5.91 Å². The molecule has 1 saturated carbocycles. The summed E-state index contributed by atoms with van der Waals surface area (Å²) in [5.41, 5.74) is 3.08. The standard InChI is InChI=1S/C21H26N8O2/c1-28-11-18(20(27-28)21(30)25-9-16-3-2-6-31-16)29-12-19(24-10-17(29)14-4-5-14)26-15-7-22-13-23-8-15/h7-8,10-11,13-14,16H,2-6,9,12H2,1H3,(H,24,26)(H,25,30). The van der Waals surface area contributed by atoms with Gasteiger partial charge in [0.1, 0.15) is 12.2 Å². The van der Waals surface area contributed by atoms with E-state index in [0.29, 0.717) is 24.7 Å². The van der Waals surface area contributed by atoms with Crippen LogP contribution in [0.2, 0.25) is 0 Å². The van der Waals surface area contributed by atoms with E-state index in [4.69, 9.17) is 4.74 Å². The number of anilines is 2. The van der Waals surface area contributed by atoms with Crippen LogP contribution < -0.4 is 15.5 Å². The van der Waals surface area contributed by atoms with Crippen molar-refractivity contribution < 1.29 is 9.53 Å². The summed E-state index contributed by atoms with van der Waals surface area (Å²) in [6.07, 6.45) is 13.1. The molecule has 0 spiro atoms. The predicted octanol–water partition coefficient (Wildman–Crippen LogP) is 1.70. The van der Waals surface area contributed by atoms with E-state index in [9.17, 15) is 4.79 Å². The summed E-state index contributed by atoms with van der Waals surface area (Å²) in [6.45, 7) is 1.78. The number of nitrogens with one attached hydrogen (secondary N) is 2. The molecule has 0 bridgehead atoms. The van der Waals surface area contributed by atoms with Crippen molar-refractivity contribution in [3.63, 3.8) is 0 Å². The molecule has 2 fully saturated rings. The molecule has 31 heavy (non-hydrogen) atoms. The third-order valence-electron chi connectivity index (χ3n) is 5.65. The largest absolute Gasteiger partial charge is 0.376 e. The summed E-state index contributed by atoms with van der Waals surface area (Å²) in [6, 6.07) is 0. The van der Waals surface area contributed by atoms with Gasteiger partial charge in [0.2, 0.25) is 0 Å². The minimum absolute atomic E-state index is 0.0871. The molecule has 2 aliphatic heterocycles. The average Bonchev–Trinajstić information content (AvgIpc) is 3.34. The molecule has 2 aromatic heterocycles. The Morgan fingerprint density at radius 2 is 2.10 bits per heavy atom. The first kappa shape index (κ1) is 19.7. The highest BCUT2D eigenvalue weighted by atomic mass is 16.5. The van der Waals surface area contributed by atoms with E-state index in [0.717, 1.165) is 55.2 Å². The monoisotopic (exact) mass is 422 g/mol. The number of nitrogens with zero attached hydrogens (tertiary/aromatic N) is 6. The van der Waals surface area contributed by atoms with E-state index in [1.807, 2.05) is 19.4 Å². The van der Waals surface area contributed by atoms with Gasteiger partial charge in [-0.25, -0.2) is 15.0 Å². The first-order valence-electron chi connectivity index (χ1n) is 10.7. The van der Waals surface area contributed by atoms with Crippen LogP contribution in [-0.4, -0.2) is 57.3 Å². The SMILES string of the molecule is Cn1cc(N2CC(Nc3cncnc3)=NC=C2C2CC2)c(C(=O)NCC2CCCO2)n1. The van der Waals surface area contributed by atoms with Crippen LogP contribution in [0, 0.1) is 5.92 Å². The van der Waals surface area contributed by atoms with Gasteiger partial charge >= 0.3 is 0 Å². The zero-order valence-electron chi connectivity index (χ0n) is 17.5. The van der Waals surface area contributed by atoms with Crippen LogP contribution >= 0.6 is 0 Å². The summed E-state index contributed by atoms with van der Waals surface area (Å²) in [5.74, 6) is 1.04. The smallest absolute Gasteiger partial charge is 0.274 e. The van der Waals surface area contributed by atoms with Crippen LogP contribution in [0.4, 0.5) is 11.4 Å². The van der Waals surface area contributed by atoms with Gasteiger partial charge in [-0.1, -0.05) is 0 Å². The molecule has 2 N–H and O–H groups in total. The number of ether oxygens (including phenoxy) is 1. The summed E-state index contributed by atoms with van der Waals surface area (Å²) in [5, 5.41) is 10.7. The Morgan fingerprint density at radius 3 is 2.84 bits per heavy atom. The highest BCUT2D eigenvalue weighted by Crippen LogP contribution is 2.41.